The monoisotopic (exact) mass is 325 g/mol. The first-order valence-corrected chi connectivity index (χ1v) is 4.75. The highest BCUT2D eigenvalue weighted by Crippen LogP contribution is 2.46. The molecule has 0 aromatic heterocycles. The van der Waals surface area contributed by atoms with Crippen molar-refractivity contribution in [3.63, 3.8) is 0 Å². The van der Waals surface area contributed by atoms with Crippen molar-refractivity contribution in [3.05, 3.63) is 33.4 Å². The minimum Gasteiger partial charge on any atom is -0.434 e. The molecule has 0 bridgehead atoms. The number of rotatable bonds is 3. The molecule has 4 nitrogen and oxygen atoms in total. The van der Waals surface area contributed by atoms with Crippen molar-refractivity contribution < 1.29 is 44.8 Å². The number of alkyl halides is 8. The van der Waals surface area contributed by atoms with Crippen molar-refractivity contribution in [2.24, 2.45) is 0 Å². The van der Waals surface area contributed by atoms with Gasteiger partial charge in [-0.05, 0) is 6.07 Å². The van der Waals surface area contributed by atoms with E-state index in [1.165, 1.54) is 0 Å². The van der Waals surface area contributed by atoms with E-state index in [4.69, 9.17) is 0 Å². The number of hydrogen-bond acceptors (Lipinski definition) is 3. The Kier molecular flexibility index (Phi) is 4.29. The van der Waals surface area contributed by atoms with Gasteiger partial charge in [0.25, 0.3) is 5.69 Å². The van der Waals surface area contributed by atoms with Gasteiger partial charge in [0.05, 0.1) is 10.5 Å². The minimum absolute atomic E-state index is 0.373. The van der Waals surface area contributed by atoms with Crippen LogP contribution in [0.25, 0.3) is 0 Å². The Morgan fingerprint density at radius 2 is 1.57 bits per heavy atom. The summed E-state index contributed by atoms with van der Waals surface area (Å²) in [4.78, 5) is 8.71. The van der Waals surface area contributed by atoms with E-state index in [1.807, 2.05) is 0 Å². The van der Waals surface area contributed by atoms with E-state index >= 15 is 0 Å². The predicted molar refractivity (Wildman–Crippen MR) is 49.7 cm³/mol. The molecule has 0 atom stereocenters. The van der Waals surface area contributed by atoms with Gasteiger partial charge in [-0.2, -0.15) is 35.1 Å². The van der Waals surface area contributed by atoms with Crippen LogP contribution in [0.4, 0.5) is 40.8 Å². The van der Waals surface area contributed by atoms with Crippen molar-refractivity contribution in [2.45, 2.75) is 19.0 Å². The largest absolute Gasteiger partial charge is 0.434 e. The molecule has 0 N–H and O–H groups in total. The Balaban J connectivity index is 3.70. The summed E-state index contributed by atoms with van der Waals surface area (Å²) in [6, 6.07) is -0.775. The van der Waals surface area contributed by atoms with Crippen LogP contribution in [0.2, 0.25) is 0 Å². The summed E-state index contributed by atoms with van der Waals surface area (Å²) in [6.45, 7) is -3.89. The van der Waals surface area contributed by atoms with Crippen molar-refractivity contribution in [1.82, 2.24) is 0 Å². The zero-order chi connectivity index (χ0) is 16.6. The normalized spacial score (nSPS) is 12.6. The summed E-state index contributed by atoms with van der Waals surface area (Å²) in [7, 11) is 0. The molecule has 0 radical (unpaired) electrons. The lowest BCUT2D eigenvalue weighted by Crippen LogP contribution is -2.16. The summed E-state index contributed by atoms with van der Waals surface area (Å²) in [5, 5.41) is 10.5. The molecule has 1 rings (SSSR count). The van der Waals surface area contributed by atoms with Gasteiger partial charge in [-0.3, -0.25) is 10.1 Å². The average molecular weight is 325 g/mol. The number of nitro benzene ring substituents is 1. The van der Waals surface area contributed by atoms with Crippen LogP contribution in [-0.2, 0) is 12.4 Å². The number of hydrogen-bond donors (Lipinski definition) is 0. The van der Waals surface area contributed by atoms with Crippen LogP contribution >= 0.6 is 0 Å². The van der Waals surface area contributed by atoms with E-state index in [1.54, 1.807) is 0 Å². The molecule has 1 aromatic carbocycles. The highest BCUT2D eigenvalue weighted by molar-refractivity contribution is 5.54. The molecule has 0 amide bonds. The lowest BCUT2D eigenvalue weighted by Gasteiger charge is -2.16. The van der Waals surface area contributed by atoms with Gasteiger partial charge >= 0.3 is 19.0 Å². The SMILES string of the molecule is O=[N+]([O-])c1cc(C(F)(F)F)cc(OC(F)F)c1C(F)(F)F. The van der Waals surface area contributed by atoms with Crippen LogP contribution < -0.4 is 4.74 Å². The van der Waals surface area contributed by atoms with Crippen LogP contribution in [0, 0.1) is 10.1 Å². The second kappa shape index (κ2) is 5.33. The molecule has 0 aliphatic carbocycles. The zero-order valence-corrected chi connectivity index (χ0v) is 9.43. The lowest BCUT2D eigenvalue weighted by molar-refractivity contribution is -0.388. The average Bonchev–Trinajstić information content (AvgIpc) is 2.23. The summed E-state index contributed by atoms with van der Waals surface area (Å²) in [6.07, 6.45) is -10.8. The van der Waals surface area contributed by atoms with Gasteiger partial charge in [-0.1, -0.05) is 0 Å². The van der Waals surface area contributed by atoms with Crippen molar-refractivity contribution >= 4 is 5.69 Å². The molecule has 0 spiro atoms. The zero-order valence-electron chi connectivity index (χ0n) is 9.43. The van der Waals surface area contributed by atoms with Gasteiger partial charge in [0, 0.05) is 6.07 Å². The summed E-state index contributed by atoms with van der Waals surface area (Å²) >= 11 is 0. The van der Waals surface area contributed by atoms with E-state index in [2.05, 4.69) is 4.74 Å². The van der Waals surface area contributed by atoms with Crippen molar-refractivity contribution in [1.29, 1.82) is 0 Å². The number of benzene rings is 1. The molecule has 0 saturated heterocycles. The maximum absolute atomic E-state index is 12.6. The fourth-order valence-corrected chi connectivity index (χ4v) is 1.38. The van der Waals surface area contributed by atoms with Crippen LogP contribution in [0.5, 0.6) is 5.75 Å². The molecular formula is C9H3F8NO3. The smallest absolute Gasteiger partial charge is 0.426 e. The Labute approximate surface area is 110 Å². The molecule has 0 unspecified atom stereocenters. The molecule has 12 heteroatoms. The summed E-state index contributed by atoms with van der Waals surface area (Å²) in [5.74, 6) is -1.97. The Hall–Kier alpha value is -2.14. The Morgan fingerprint density at radius 1 is 1.05 bits per heavy atom. The van der Waals surface area contributed by atoms with Gasteiger partial charge < -0.3 is 4.74 Å². The standard InChI is InChI=1S/C9H3F8NO3/c10-7(11)21-5-2-3(8(12,13)14)1-4(18(19)20)6(5)9(15,16)17/h1-2,7H. The van der Waals surface area contributed by atoms with E-state index < -0.39 is 52.5 Å². The fraction of sp³-hybridized carbons (Fsp3) is 0.333. The van der Waals surface area contributed by atoms with E-state index in [9.17, 15) is 45.2 Å². The summed E-state index contributed by atoms with van der Waals surface area (Å²) < 4.78 is 103. The molecular weight excluding hydrogens is 322 g/mol. The van der Waals surface area contributed by atoms with Gasteiger partial charge in [-0.25, -0.2) is 0 Å². The maximum Gasteiger partial charge on any atom is 0.426 e. The van der Waals surface area contributed by atoms with Gasteiger partial charge in [-0.15, -0.1) is 0 Å². The number of ether oxygens (including phenoxy) is 1. The lowest BCUT2D eigenvalue weighted by atomic mass is 10.1. The Morgan fingerprint density at radius 3 is 1.90 bits per heavy atom. The first kappa shape index (κ1) is 16.9. The van der Waals surface area contributed by atoms with Gasteiger partial charge in [0.2, 0.25) is 0 Å². The highest BCUT2D eigenvalue weighted by Gasteiger charge is 2.45. The molecule has 0 heterocycles. The van der Waals surface area contributed by atoms with Gasteiger partial charge in [0.15, 0.2) is 5.56 Å². The van der Waals surface area contributed by atoms with Crippen LogP contribution in [-0.4, -0.2) is 11.5 Å². The molecule has 21 heavy (non-hydrogen) atoms. The highest BCUT2D eigenvalue weighted by atomic mass is 19.4. The topological polar surface area (TPSA) is 52.4 Å². The van der Waals surface area contributed by atoms with E-state index in [-0.39, 0.29) is 6.07 Å². The van der Waals surface area contributed by atoms with Crippen LogP contribution in [0.3, 0.4) is 0 Å². The fourth-order valence-electron chi connectivity index (χ4n) is 1.38. The molecule has 0 aliphatic heterocycles. The number of nitrogens with zero attached hydrogens (tertiary/aromatic N) is 1. The first-order valence-electron chi connectivity index (χ1n) is 4.75. The second-order valence-electron chi connectivity index (χ2n) is 3.50. The molecule has 0 aliphatic rings. The van der Waals surface area contributed by atoms with E-state index in [0.717, 1.165) is 0 Å². The molecule has 1 aromatic rings. The second-order valence-corrected chi connectivity index (χ2v) is 3.50. The van der Waals surface area contributed by atoms with Crippen molar-refractivity contribution in [3.8, 4) is 5.75 Å². The minimum atomic E-state index is -5.56. The summed E-state index contributed by atoms with van der Waals surface area (Å²) in [5.41, 5.74) is -6.27. The Bertz CT molecular complexity index is 551. The van der Waals surface area contributed by atoms with Crippen molar-refractivity contribution in [2.75, 3.05) is 0 Å². The predicted octanol–water partition coefficient (Wildman–Crippen LogP) is 4.23. The third-order valence-corrected chi connectivity index (χ3v) is 2.10. The number of nitro groups is 1. The van der Waals surface area contributed by atoms with E-state index in [0.29, 0.717) is 0 Å². The number of halogens is 8. The van der Waals surface area contributed by atoms with Gasteiger partial charge in [0.1, 0.15) is 5.75 Å². The first-order chi connectivity index (χ1) is 9.34. The molecule has 118 valence electrons. The molecule has 0 saturated carbocycles. The third-order valence-electron chi connectivity index (χ3n) is 2.10. The maximum atomic E-state index is 12.6. The molecule has 0 fully saturated rings. The van der Waals surface area contributed by atoms with Crippen LogP contribution in [0.15, 0.2) is 12.1 Å². The van der Waals surface area contributed by atoms with Crippen LogP contribution in [0.1, 0.15) is 11.1 Å². The quantitative estimate of drug-likeness (QED) is 0.475. The third kappa shape index (κ3) is 3.92.